The maximum absolute atomic E-state index is 13.3. The predicted molar refractivity (Wildman–Crippen MR) is 103 cm³/mol. The van der Waals surface area contributed by atoms with Crippen molar-refractivity contribution in [3.63, 3.8) is 0 Å². The molecule has 28 heavy (non-hydrogen) atoms. The van der Waals surface area contributed by atoms with Gasteiger partial charge in [-0.25, -0.2) is 17.6 Å². The highest BCUT2D eigenvalue weighted by Crippen LogP contribution is 2.23. The highest BCUT2D eigenvalue weighted by molar-refractivity contribution is 7.92. The van der Waals surface area contributed by atoms with Crippen molar-refractivity contribution in [1.82, 2.24) is 0 Å². The molecule has 0 aliphatic rings. The third kappa shape index (κ3) is 5.16. The van der Waals surface area contributed by atoms with E-state index in [4.69, 9.17) is 4.74 Å². The van der Waals surface area contributed by atoms with Crippen molar-refractivity contribution in [2.45, 2.75) is 32.6 Å². The van der Waals surface area contributed by atoms with Gasteiger partial charge in [-0.15, -0.1) is 0 Å². The first-order valence-electron chi connectivity index (χ1n) is 8.50. The second-order valence-corrected chi connectivity index (χ2v) is 8.96. The van der Waals surface area contributed by atoms with Crippen molar-refractivity contribution in [2.75, 3.05) is 11.3 Å². The number of rotatable bonds is 6. The van der Waals surface area contributed by atoms with Crippen molar-refractivity contribution in [3.8, 4) is 0 Å². The quantitative estimate of drug-likeness (QED) is 0.738. The minimum atomic E-state index is -4.06. The van der Waals surface area contributed by atoms with Crippen molar-refractivity contribution in [3.05, 3.63) is 59.4 Å². The molecule has 150 valence electrons. The summed E-state index contributed by atoms with van der Waals surface area (Å²) < 4.78 is 46.0. The zero-order valence-electron chi connectivity index (χ0n) is 16.1. The Balaban J connectivity index is 2.26. The van der Waals surface area contributed by atoms with E-state index in [-0.39, 0.29) is 27.5 Å². The highest BCUT2D eigenvalue weighted by atomic mass is 32.2. The molecule has 0 spiro atoms. The number of hydrogen-bond acceptors (Lipinski definition) is 5. The van der Waals surface area contributed by atoms with Crippen molar-refractivity contribution < 1.29 is 27.1 Å². The minimum Gasteiger partial charge on any atom is -0.454 e. The number of esters is 1. The molecule has 0 radical (unpaired) electrons. The number of para-hydroxylation sites is 1. The molecule has 0 aromatic heterocycles. The molecule has 0 aliphatic heterocycles. The standard InChI is InChI=1S/C20H22FNO5S/c1-13-11-14(21)9-10-17(13)28(25,26)22-16-8-6-5-7-15(16)19(24)27-12-18(23)20(2,3)4/h5-11,22H,12H2,1-4H3. The SMILES string of the molecule is Cc1cc(F)ccc1S(=O)(=O)Nc1ccccc1C(=O)OCC(=O)C(C)(C)C. The van der Waals surface area contributed by atoms with Gasteiger partial charge in [0.2, 0.25) is 0 Å². The number of carbonyl (C=O) groups is 2. The first-order valence-corrected chi connectivity index (χ1v) is 9.98. The fraction of sp³-hybridized carbons (Fsp3) is 0.300. The number of hydrogen-bond donors (Lipinski definition) is 1. The molecule has 8 heteroatoms. The second kappa shape index (κ2) is 8.10. The molecule has 1 N–H and O–H groups in total. The van der Waals surface area contributed by atoms with E-state index in [1.807, 2.05) is 0 Å². The molecule has 0 saturated carbocycles. The molecular weight excluding hydrogens is 385 g/mol. The van der Waals surface area contributed by atoms with E-state index in [2.05, 4.69) is 4.72 Å². The van der Waals surface area contributed by atoms with Crippen LogP contribution in [0.2, 0.25) is 0 Å². The van der Waals surface area contributed by atoms with Crippen LogP contribution >= 0.6 is 0 Å². The molecule has 0 heterocycles. The number of Topliss-reactive ketones (excluding diaryl/α,β-unsaturated/α-hetero) is 1. The maximum Gasteiger partial charge on any atom is 0.340 e. The van der Waals surface area contributed by atoms with Crippen LogP contribution in [0.25, 0.3) is 0 Å². The lowest BCUT2D eigenvalue weighted by Gasteiger charge is -2.17. The third-order valence-electron chi connectivity index (χ3n) is 3.99. The van der Waals surface area contributed by atoms with Crippen LogP contribution in [0.4, 0.5) is 10.1 Å². The first kappa shape index (κ1) is 21.6. The molecule has 0 bridgehead atoms. The largest absolute Gasteiger partial charge is 0.454 e. The number of anilines is 1. The number of ketones is 1. The Hall–Kier alpha value is -2.74. The minimum absolute atomic E-state index is 0.000525. The van der Waals surface area contributed by atoms with E-state index in [1.54, 1.807) is 32.9 Å². The van der Waals surface area contributed by atoms with Crippen molar-refractivity contribution >= 4 is 27.5 Å². The molecule has 0 atom stereocenters. The molecule has 2 aromatic carbocycles. The van der Waals surface area contributed by atoms with E-state index in [1.165, 1.54) is 19.1 Å². The molecule has 2 rings (SSSR count). The lowest BCUT2D eigenvalue weighted by molar-refractivity contribution is -0.129. The Bertz CT molecular complexity index is 1010. The predicted octanol–water partition coefficient (Wildman–Crippen LogP) is 3.71. The topological polar surface area (TPSA) is 89.5 Å². The fourth-order valence-corrected chi connectivity index (χ4v) is 3.60. The summed E-state index contributed by atoms with van der Waals surface area (Å²) in [5, 5.41) is 0. The number of sulfonamides is 1. The lowest BCUT2D eigenvalue weighted by Crippen LogP contribution is -2.26. The van der Waals surface area contributed by atoms with Gasteiger partial charge in [-0.1, -0.05) is 32.9 Å². The molecule has 0 fully saturated rings. The lowest BCUT2D eigenvalue weighted by atomic mass is 9.91. The third-order valence-corrected chi connectivity index (χ3v) is 5.51. The van der Waals surface area contributed by atoms with Crippen LogP contribution in [0, 0.1) is 18.2 Å². The normalized spacial score (nSPS) is 11.8. The Morgan fingerprint density at radius 2 is 1.75 bits per heavy atom. The van der Waals surface area contributed by atoms with E-state index in [9.17, 15) is 22.4 Å². The van der Waals surface area contributed by atoms with Gasteiger partial charge in [-0.3, -0.25) is 9.52 Å². The molecule has 0 aliphatic carbocycles. The smallest absolute Gasteiger partial charge is 0.340 e. The van der Waals surface area contributed by atoms with Gasteiger partial charge >= 0.3 is 5.97 Å². The van der Waals surface area contributed by atoms with Gasteiger partial charge < -0.3 is 4.74 Å². The Morgan fingerprint density at radius 1 is 1.11 bits per heavy atom. The van der Waals surface area contributed by atoms with E-state index < -0.39 is 33.8 Å². The van der Waals surface area contributed by atoms with Crippen LogP contribution < -0.4 is 4.72 Å². The summed E-state index contributed by atoms with van der Waals surface area (Å²) in [6.45, 7) is 6.17. The summed E-state index contributed by atoms with van der Waals surface area (Å²) in [5.74, 6) is -1.64. The molecule has 0 unspecified atom stereocenters. The van der Waals surface area contributed by atoms with Crippen molar-refractivity contribution in [1.29, 1.82) is 0 Å². The van der Waals surface area contributed by atoms with Crippen LogP contribution in [0.3, 0.4) is 0 Å². The number of aryl methyl sites for hydroxylation is 1. The van der Waals surface area contributed by atoms with Gasteiger partial charge in [-0.05, 0) is 42.8 Å². The summed E-state index contributed by atoms with van der Waals surface area (Å²) in [6.07, 6.45) is 0. The summed E-state index contributed by atoms with van der Waals surface area (Å²) in [6, 6.07) is 9.18. The number of ether oxygens (including phenoxy) is 1. The van der Waals surface area contributed by atoms with Gasteiger partial charge in [0.15, 0.2) is 12.4 Å². The first-order chi connectivity index (χ1) is 12.9. The number of carbonyl (C=O) groups excluding carboxylic acids is 2. The average molecular weight is 407 g/mol. The Morgan fingerprint density at radius 3 is 2.36 bits per heavy atom. The van der Waals surface area contributed by atoms with Crippen LogP contribution in [-0.2, 0) is 19.6 Å². The Kier molecular flexibility index (Phi) is 6.23. The van der Waals surface area contributed by atoms with E-state index >= 15 is 0 Å². The van der Waals surface area contributed by atoms with Gasteiger partial charge in [0, 0.05) is 5.41 Å². The maximum atomic E-state index is 13.3. The fourth-order valence-electron chi connectivity index (χ4n) is 2.29. The summed E-state index contributed by atoms with van der Waals surface area (Å²) in [5.41, 5.74) is -0.475. The van der Waals surface area contributed by atoms with E-state index in [0.29, 0.717) is 0 Å². The summed E-state index contributed by atoms with van der Waals surface area (Å²) in [4.78, 5) is 24.2. The van der Waals surface area contributed by atoms with Crippen LogP contribution in [0.5, 0.6) is 0 Å². The number of nitrogens with one attached hydrogen (secondary N) is 1. The summed E-state index contributed by atoms with van der Waals surface area (Å²) >= 11 is 0. The van der Waals surface area contributed by atoms with Crippen LogP contribution in [0.15, 0.2) is 47.4 Å². The van der Waals surface area contributed by atoms with Gasteiger partial charge in [-0.2, -0.15) is 0 Å². The molecular formula is C20H22FNO5S. The van der Waals surface area contributed by atoms with Crippen LogP contribution in [-0.4, -0.2) is 26.8 Å². The number of benzene rings is 2. The van der Waals surface area contributed by atoms with Gasteiger partial charge in [0.25, 0.3) is 10.0 Å². The number of halogens is 1. The molecule has 0 saturated heterocycles. The summed E-state index contributed by atoms with van der Waals surface area (Å²) in [7, 11) is -4.06. The molecule has 2 aromatic rings. The van der Waals surface area contributed by atoms with Crippen molar-refractivity contribution in [2.24, 2.45) is 5.41 Å². The highest BCUT2D eigenvalue weighted by Gasteiger charge is 2.25. The molecule has 6 nitrogen and oxygen atoms in total. The second-order valence-electron chi connectivity index (χ2n) is 7.31. The monoisotopic (exact) mass is 407 g/mol. The zero-order valence-corrected chi connectivity index (χ0v) is 16.9. The molecule has 0 amide bonds. The zero-order chi connectivity index (χ0) is 21.1. The average Bonchev–Trinajstić information content (AvgIpc) is 2.58. The van der Waals surface area contributed by atoms with Gasteiger partial charge in [0.1, 0.15) is 5.82 Å². The Labute approximate surface area is 163 Å². The van der Waals surface area contributed by atoms with Gasteiger partial charge in [0.05, 0.1) is 16.1 Å². The van der Waals surface area contributed by atoms with Crippen LogP contribution in [0.1, 0.15) is 36.7 Å². The van der Waals surface area contributed by atoms with E-state index in [0.717, 1.165) is 18.2 Å².